The molecule has 1 aromatic carbocycles. The van der Waals surface area contributed by atoms with Crippen molar-refractivity contribution in [2.45, 2.75) is 25.4 Å². The number of likely N-dealkylation sites (tertiary alicyclic amines) is 1. The van der Waals surface area contributed by atoms with Gasteiger partial charge in [-0.15, -0.1) is 0 Å². The van der Waals surface area contributed by atoms with Crippen molar-refractivity contribution >= 4 is 17.7 Å². The fourth-order valence-electron chi connectivity index (χ4n) is 2.17. The Bertz CT molecular complexity index is 560. The van der Waals surface area contributed by atoms with Gasteiger partial charge in [0.05, 0.1) is 6.61 Å². The van der Waals surface area contributed by atoms with Gasteiger partial charge < -0.3 is 10.4 Å². The Labute approximate surface area is 120 Å². The van der Waals surface area contributed by atoms with Crippen LogP contribution < -0.4 is 5.32 Å². The van der Waals surface area contributed by atoms with Crippen LogP contribution in [0.5, 0.6) is 0 Å². The number of carbonyl (C=O) groups excluding carboxylic acids is 3. The Morgan fingerprint density at radius 3 is 2.48 bits per heavy atom. The summed E-state index contributed by atoms with van der Waals surface area (Å²) in [6.07, 6.45) is 0.0753. The molecule has 0 aliphatic carbocycles. The maximum Gasteiger partial charge on any atom is 0.245 e. The number of amides is 3. The first-order valence-electron chi connectivity index (χ1n) is 6.51. The van der Waals surface area contributed by atoms with E-state index in [1.807, 2.05) is 0 Å². The highest BCUT2D eigenvalue weighted by Crippen LogP contribution is 2.15. The molecule has 0 spiro atoms. The SMILES string of the molecule is O=C(NCc1ccccc1F)C(CO)N1C(=O)CCC1=O. The molecule has 21 heavy (non-hydrogen) atoms. The van der Waals surface area contributed by atoms with E-state index in [9.17, 15) is 23.9 Å². The van der Waals surface area contributed by atoms with E-state index < -0.39 is 36.2 Å². The summed E-state index contributed by atoms with van der Waals surface area (Å²) in [5.41, 5.74) is 0.279. The highest BCUT2D eigenvalue weighted by molar-refractivity contribution is 6.05. The molecule has 7 heteroatoms. The molecule has 1 fully saturated rings. The number of halogens is 1. The van der Waals surface area contributed by atoms with Crippen molar-refractivity contribution in [1.29, 1.82) is 0 Å². The monoisotopic (exact) mass is 294 g/mol. The van der Waals surface area contributed by atoms with Crippen LogP contribution in [0.1, 0.15) is 18.4 Å². The highest BCUT2D eigenvalue weighted by atomic mass is 19.1. The van der Waals surface area contributed by atoms with Gasteiger partial charge in [-0.05, 0) is 6.07 Å². The largest absolute Gasteiger partial charge is 0.394 e. The summed E-state index contributed by atoms with van der Waals surface area (Å²) in [6, 6.07) is 4.66. The van der Waals surface area contributed by atoms with Crippen molar-refractivity contribution in [3.63, 3.8) is 0 Å². The summed E-state index contributed by atoms with van der Waals surface area (Å²) in [5.74, 6) is -2.13. The summed E-state index contributed by atoms with van der Waals surface area (Å²) in [7, 11) is 0. The van der Waals surface area contributed by atoms with E-state index >= 15 is 0 Å². The van der Waals surface area contributed by atoms with Gasteiger partial charge in [-0.1, -0.05) is 18.2 Å². The van der Waals surface area contributed by atoms with Crippen LogP contribution in [-0.4, -0.2) is 40.4 Å². The quantitative estimate of drug-likeness (QED) is 0.746. The topological polar surface area (TPSA) is 86.7 Å². The van der Waals surface area contributed by atoms with Gasteiger partial charge in [0.15, 0.2) is 0 Å². The van der Waals surface area contributed by atoms with Crippen LogP contribution in [0, 0.1) is 5.82 Å². The van der Waals surface area contributed by atoms with Crippen LogP contribution in [0.3, 0.4) is 0 Å². The zero-order valence-electron chi connectivity index (χ0n) is 11.2. The zero-order valence-corrected chi connectivity index (χ0v) is 11.2. The van der Waals surface area contributed by atoms with Crippen molar-refractivity contribution in [3.05, 3.63) is 35.6 Å². The van der Waals surface area contributed by atoms with E-state index in [1.165, 1.54) is 18.2 Å². The average molecular weight is 294 g/mol. The molecule has 1 saturated heterocycles. The minimum atomic E-state index is -1.26. The van der Waals surface area contributed by atoms with Crippen molar-refractivity contribution < 1.29 is 23.9 Å². The molecule has 2 rings (SSSR count). The van der Waals surface area contributed by atoms with Crippen molar-refractivity contribution in [2.24, 2.45) is 0 Å². The van der Waals surface area contributed by atoms with E-state index in [4.69, 9.17) is 0 Å². The van der Waals surface area contributed by atoms with E-state index in [0.717, 1.165) is 4.90 Å². The molecule has 1 aromatic rings. The summed E-state index contributed by atoms with van der Waals surface area (Å²) in [5, 5.41) is 11.7. The number of benzene rings is 1. The van der Waals surface area contributed by atoms with E-state index in [-0.39, 0.29) is 24.9 Å². The zero-order chi connectivity index (χ0) is 15.4. The second kappa shape index (κ2) is 6.45. The third-order valence-corrected chi connectivity index (χ3v) is 3.29. The molecule has 1 atom stereocenters. The lowest BCUT2D eigenvalue weighted by atomic mass is 10.2. The summed E-state index contributed by atoms with van der Waals surface area (Å²) >= 11 is 0. The lowest BCUT2D eigenvalue weighted by Crippen LogP contribution is -2.51. The first kappa shape index (κ1) is 15.1. The van der Waals surface area contributed by atoms with Crippen LogP contribution >= 0.6 is 0 Å². The molecule has 0 aromatic heterocycles. The molecule has 1 unspecified atom stereocenters. The normalized spacial score (nSPS) is 16.2. The number of rotatable bonds is 5. The molecule has 0 bridgehead atoms. The molecule has 0 radical (unpaired) electrons. The number of aliphatic hydroxyl groups is 1. The van der Waals surface area contributed by atoms with Crippen molar-refractivity contribution in [2.75, 3.05) is 6.61 Å². The lowest BCUT2D eigenvalue weighted by molar-refractivity contribution is -0.148. The maximum atomic E-state index is 13.4. The van der Waals surface area contributed by atoms with Gasteiger partial charge in [0, 0.05) is 24.9 Å². The molecule has 2 N–H and O–H groups in total. The number of hydrogen-bond acceptors (Lipinski definition) is 4. The average Bonchev–Trinajstić information content (AvgIpc) is 2.79. The minimum Gasteiger partial charge on any atom is -0.394 e. The van der Waals surface area contributed by atoms with Crippen LogP contribution in [-0.2, 0) is 20.9 Å². The predicted molar refractivity (Wildman–Crippen MR) is 70.2 cm³/mol. The van der Waals surface area contributed by atoms with Crippen LogP contribution in [0.2, 0.25) is 0 Å². The first-order valence-corrected chi connectivity index (χ1v) is 6.51. The Morgan fingerprint density at radius 2 is 1.90 bits per heavy atom. The van der Waals surface area contributed by atoms with Crippen LogP contribution in [0.4, 0.5) is 4.39 Å². The number of imide groups is 1. The van der Waals surface area contributed by atoms with Gasteiger partial charge in [-0.3, -0.25) is 19.3 Å². The molecular formula is C14H15FN2O4. The molecule has 6 nitrogen and oxygen atoms in total. The molecule has 1 aliphatic heterocycles. The van der Waals surface area contributed by atoms with Gasteiger partial charge in [0.2, 0.25) is 17.7 Å². The molecule has 1 aliphatic rings. The Morgan fingerprint density at radius 1 is 1.29 bits per heavy atom. The van der Waals surface area contributed by atoms with Crippen LogP contribution in [0.15, 0.2) is 24.3 Å². The van der Waals surface area contributed by atoms with Crippen LogP contribution in [0.25, 0.3) is 0 Å². The van der Waals surface area contributed by atoms with Gasteiger partial charge >= 0.3 is 0 Å². The fraction of sp³-hybridized carbons (Fsp3) is 0.357. The smallest absolute Gasteiger partial charge is 0.245 e. The Balaban J connectivity index is 2.02. The second-order valence-electron chi connectivity index (χ2n) is 4.67. The Kier molecular flexibility index (Phi) is 4.64. The summed E-state index contributed by atoms with van der Waals surface area (Å²) in [6.45, 7) is -0.751. The van der Waals surface area contributed by atoms with E-state index in [0.29, 0.717) is 0 Å². The Hall–Kier alpha value is -2.28. The maximum absolute atomic E-state index is 13.4. The van der Waals surface area contributed by atoms with Gasteiger partial charge in [0.25, 0.3) is 0 Å². The van der Waals surface area contributed by atoms with E-state index in [2.05, 4.69) is 5.32 Å². The molecule has 3 amide bonds. The number of hydrogen-bond donors (Lipinski definition) is 2. The molecule has 112 valence electrons. The standard InChI is InChI=1S/C14H15FN2O4/c15-10-4-2-1-3-9(10)7-16-14(21)11(8-18)17-12(19)5-6-13(17)20/h1-4,11,18H,5-8H2,(H,16,21). The number of nitrogens with zero attached hydrogens (tertiary/aromatic N) is 1. The number of aliphatic hydroxyl groups excluding tert-OH is 1. The van der Waals surface area contributed by atoms with Gasteiger partial charge in [-0.25, -0.2) is 4.39 Å². The number of nitrogens with one attached hydrogen (secondary N) is 1. The van der Waals surface area contributed by atoms with Gasteiger partial charge in [0.1, 0.15) is 11.9 Å². The second-order valence-corrected chi connectivity index (χ2v) is 4.67. The minimum absolute atomic E-state index is 0.0376. The fourth-order valence-corrected chi connectivity index (χ4v) is 2.17. The highest BCUT2D eigenvalue weighted by Gasteiger charge is 2.38. The molecular weight excluding hydrogens is 279 g/mol. The van der Waals surface area contributed by atoms with Crippen molar-refractivity contribution in [1.82, 2.24) is 10.2 Å². The molecule has 1 heterocycles. The lowest BCUT2D eigenvalue weighted by Gasteiger charge is -2.23. The van der Waals surface area contributed by atoms with Crippen molar-refractivity contribution in [3.8, 4) is 0 Å². The van der Waals surface area contributed by atoms with Gasteiger partial charge in [-0.2, -0.15) is 0 Å². The third kappa shape index (κ3) is 3.25. The molecule has 0 saturated carbocycles. The number of carbonyl (C=O) groups is 3. The van der Waals surface area contributed by atoms with E-state index in [1.54, 1.807) is 6.07 Å². The third-order valence-electron chi connectivity index (χ3n) is 3.29. The predicted octanol–water partition coefficient (Wildman–Crippen LogP) is -0.0482. The summed E-state index contributed by atoms with van der Waals surface area (Å²) < 4.78 is 13.4. The summed E-state index contributed by atoms with van der Waals surface area (Å²) in [4.78, 5) is 35.9. The first-order chi connectivity index (χ1) is 10.0.